The quantitative estimate of drug-likeness (QED) is 0.666. The summed E-state index contributed by atoms with van der Waals surface area (Å²) in [6, 6.07) is 7.46. The molecule has 0 heterocycles. The third-order valence-corrected chi connectivity index (χ3v) is 4.14. The number of benzene rings is 1. The van der Waals surface area contributed by atoms with Crippen molar-refractivity contribution >= 4 is 11.6 Å². The van der Waals surface area contributed by atoms with Crippen LogP contribution in [-0.2, 0) is 11.2 Å². The Morgan fingerprint density at radius 3 is 2.70 bits per heavy atom. The van der Waals surface area contributed by atoms with Gasteiger partial charge in [0, 0.05) is 0 Å². The molecule has 1 aromatic rings. The summed E-state index contributed by atoms with van der Waals surface area (Å²) >= 11 is 0. The SMILES string of the molecule is C=C(C)[C@H]1CC=C(C)C(=NNC(=O)Cc2ccc(OC)cc2)C1. The van der Waals surface area contributed by atoms with Crippen LogP contribution >= 0.6 is 0 Å². The maximum Gasteiger partial charge on any atom is 0.244 e. The first-order valence-corrected chi connectivity index (χ1v) is 7.80. The van der Waals surface area contributed by atoms with Crippen LogP contribution in [-0.4, -0.2) is 18.7 Å². The second-order valence-electron chi connectivity index (χ2n) is 5.99. The van der Waals surface area contributed by atoms with Gasteiger partial charge in [-0.25, -0.2) is 5.43 Å². The lowest BCUT2D eigenvalue weighted by Gasteiger charge is -2.22. The molecule has 1 N–H and O–H groups in total. The minimum Gasteiger partial charge on any atom is -0.497 e. The smallest absolute Gasteiger partial charge is 0.244 e. The molecule has 1 aliphatic rings. The van der Waals surface area contributed by atoms with Gasteiger partial charge in [-0.15, -0.1) is 0 Å². The Bertz CT molecular complexity index is 642. The van der Waals surface area contributed by atoms with Crippen molar-refractivity contribution < 1.29 is 9.53 Å². The van der Waals surface area contributed by atoms with Crippen molar-refractivity contribution in [1.82, 2.24) is 5.43 Å². The molecule has 0 fully saturated rings. The molecule has 122 valence electrons. The summed E-state index contributed by atoms with van der Waals surface area (Å²) in [5.41, 5.74) is 6.82. The molecule has 1 atom stereocenters. The Hall–Kier alpha value is -2.36. The van der Waals surface area contributed by atoms with E-state index in [1.165, 1.54) is 0 Å². The molecule has 0 aliphatic heterocycles. The number of ether oxygens (including phenoxy) is 1. The highest BCUT2D eigenvalue weighted by Crippen LogP contribution is 2.26. The molecule has 4 heteroatoms. The number of hydrazone groups is 1. The fourth-order valence-electron chi connectivity index (χ4n) is 2.52. The highest BCUT2D eigenvalue weighted by atomic mass is 16.5. The Balaban J connectivity index is 1.95. The Morgan fingerprint density at radius 1 is 1.39 bits per heavy atom. The molecule has 0 bridgehead atoms. The molecular formula is C19H24N2O2. The standard InChI is InChI=1S/C19H24N2O2/c1-13(2)16-8-5-14(3)18(12-16)20-21-19(22)11-15-6-9-17(23-4)10-7-15/h5-7,9-10,16H,1,8,11-12H2,2-4H3,(H,21,22)/t16-/m0/s1. The number of methoxy groups -OCH3 is 1. The van der Waals surface area contributed by atoms with Crippen LogP contribution in [0.3, 0.4) is 0 Å². The van der Waals surface area contributed by atoms with Crippen molar-refractivity contribution in [2.45, 2.75) is 33.1 Å². The number of carbonyl (C=O) groups excluding carboxylic acids is 1. The third-order valence-electron chi connectivity index (χ3n) is 4.14. The van der Waals surface area contributed by atoms with Crippen LogP contribution in [0.25, 0.3) is 0 Å². The van der Waals surface area contributed by atoms with Gasteiger partial charge < -0.3 is 4.74 Å². The van der Waals surface area contributed by atoms with Crippen molar-refractivity contribution in [2.24, 2.45) is 11.0 Å². The zero-order chi connectivity index (χ0) is 16.8. The van der Waals surface area contributed by atoms with Gasteiger partial charge in [-0.05, 0) is 55.9 Å². The second-order valence-corrected chi connectivity index (χ2v) is 5.99. The first kappa shape index (κ1) is 17.0. The molecule has 1 aromatic carbocycles. The van der Waals surface area contributed by atoms with Crippen LogP contribution in [0.2, 0.25) is 0 Å². The van der Waals surface area contributed by atoms with Crippen LogP contribution in [0.1, 0.15) is 32.3 Å². The number of hydrogen-bond donors (Lipinski definition) is 1. The number of carbonyl (C=O) groups is 1. The zero-order valence-electron chi connectivity index (χ0n) is 14.1. The lowest BCUT2D eigenvalue weighted by molar-refractivity contribution is -0.120. The number of nitrogens with one attached hydrogen (secondary N) is 1. The summed E-state index contributed by atoms with van der Waals surface area (Å²) in [5.74, 6) is 1.08. The Labute approximate surface area is 137 Å². The highest BCUT2D eigenvalue weighted by molar-refractivity contribution is 6.01. The maximum absolute atomic E-state index is 12.0. The molecular weight excluding hydrogens is 288 g/mol. The molecule has 0 unspecified atom stereocenters. The first-order chi connectivity index (χ1) is 11.0. The molecule has 0 radical (unpaired) electrons. The predicted molar refractivity (Wildman–Crippen MR) is 93.6 cm³/mol. The molecule has 1 amide bonds. The molecule has 4 nitrogen and oxygen atoms in total. The van der Waals surface area contributed by atoms with Gasteiger partial charge in [-0.1, -0.05) is 30.4 Å². The lowest BCUT2D eigenvalue weighted by atomic mass is 9.85. The van der Waals surface area contributed by atoms with Gasteiger partial charge in [0.05, 0.1) is 19.2 Å². The topological polar surface area (TPSA) is 50.7 Å². The third kappa shape index (κ3) is 4.81. The number of hydrogen-bond acceptors (Lipinski definition) is 3. The van der Waals surface area contributed by atoms with E-state index in [1.807, 2.05) is 38.1 Å². The minimum atomic E-state index is -0.118. The van der Waals surface area contributed by atoms with E-state index in [1.54, 1.807) is 7.11 Å². The van der Waals surface area contributed by atoms with Crippen LogP contribution in [0, 0.1) is 5.92 Å². The number of amides is 1. The summed E-state index contributed by atoms with van der Waals surface area (Å²) in [5, 5.41) is 4.31. The molecule has 1 aliphatic carbocycles. The van der Waals surface area contributed by atoms with E-state index in [-0.39, 0.29) is 5.91 Å². The normalized spacial score (nSPS) is 19.2. The fourth-order valence-corrected chi connectivity index (χ4v) is 2.52. The first-order valence-electron chi connectivity index (χ1n) is 7.80. The number of rotatable bonds is 5. The van der Waals surface area contributed by atoms with E-state index < -0.39 is 0 Å². The van der Waals surface area contributed by atoms with Crippen molar-refractivity contribution in [3.05, 3.63) is 53.6 Å². The summed E-state index contributed by atoms with van der Waals surface area (Å²) < 4.78 is 5.11. The summed E-state index contributed by atoms with van der Waals surface area (Å²) in [6.07, 6.45) is 4.30. The van der Waals surface area contributed by atoms with Gasteiger partial charge in [-0.2, -0.15) is 5.10 Å². The van der Waals surface area contributed by atoms with Gasteiger partial charge in [0.1, 0.15) is 5.75 Å². The summed E-state index contributed by atoms with van der Waals surface area (Å²) in [4.78, 5) is 12.0. The molecule has 0 saturated carbocycles. The van der Waals surface area contributed by atoms with Gasteiger partial charge in [-0.3, -0.25) is 4.79 Å². The predicted octanol–water partition coefficient (Wildman–Crippen LogP) is 3.64. The lowest BCUT2D eigenvalue weighted by Crippen LogP contribution is -2.24. The average molecular weight is 312 g/mol. The van der Waals surface area contributed by atoms with Gasteiger partial charge >= 0.3 is 0 Å². The Morgan fingerprint density at radius 2 is 2.09 bits per heavy atom. The molecule has 0 spiro atoms. The van der Waals surface area contributed by atoms with Gasteiger partial charge in [0.25, 0.3) is 0 Å². The highest BCUT2D eigenvalue weighted by Gasteiger charge is 2.18. The van der Waals surface area contributed by atoms with Crippen molar-refractivity contribution in [3.63, 3.8) is 0 Å². The Kier molecular flexibility index (Phi) is 5.74. The second kappa shape index (κ2) is 7.77. The van der Waals surface area contributed by atoms with Crippen LogP contribution < -0.4 is 10.2 Å². The van der Waals surface area contributed by atoms with Crippen molar-refractivity contribution in [2.75, 3.05) is 7.11 Å². The van der Waals surface area contributed by atoms with Crippen LogP contribution in [0.5, 0.6) is 5.75 Å². The minimum absolute atomic E-state index is 0.118. The molecule has 0 saturated heterocycles. The monoisotopic (exact) mass is 312 g/mol. The van der Waals surface area contributed by atoms with Crippen molar-refractivity contribution in [3.8, 4) is 5.75 Å². The summed E-state index contributed by atoms with van der Waals surface area (Å²) in [7, 11) is 1.62. The molecule has 23 heavy (non-hydrogen) atoms. The van der Waals surface area contributed by atoms with Crippen molar-refractivity contribution in [1.29, 1.82) is 0 Å². The maximum atomic E-state index is 12.0. The van der Waals surface area contributed by atoms with Crippen LogP contribution in [0.4, 0.5) is 0 Å². The summed E-state index contributed by atoms with van der Waals surface area (Å²) in [6.45, 7) is 8.09. The van der Waals surface area contributed by atoms with E-state index in [9.17, 15) is 4.79 Å². The number of allylic oxidation sites excluding steroid dienone is 3. The van der Waals surface area contributed by atoms with Gasteiger partial charge in [0.2, 0.25) is 5.91 Å². The van der Waals surface area contributed by atoms with E-state index in [4.69, 9.17) is 4.74 Å². The number of nitrogens with zero attached hydrogens (tertiary/aromatic N) is 1. The van der Waals surface area contributed by atoms with Gasteiger partial charge in [0.15, 0.2) is 0 Å². The van der Waals surface area contributed by atoms with E-state index in [2.05, 4.69) is 23.2 Å². The zero-order valence-corrected chi connectivity index (χ0v) is 14.1. The molecule has 0 aromatic heterocycles. The van der Waals surface area contributed by atoms with Crippen LogP contribution in [0.15, 0.2) is 53.2 Å². The average Bonchev–Trinajstić information content (AvgIpc) is 2.54. The molecule has 2 rings (SSSR count). The fraction of sp³-hybridized carbons (Fsp3) is 0.368. The largest absolute Gasteiger partial charge is 0.497 e. The van der Waals surface area contributed by atoms with E-state index in [0.717, 1.165) is 41.0 Å². The van der Waals surface area contributed by atoms with E-state index in [0.29, 0.717) is 12.3 Å². The van der Waals surface area contributed by atoms with E-state index >= 15 is 0 Å².